The summed E-state index contributed by atoms with van der Waals surface area (Å²) >= 11 is 0. The topological polar surface area (TPSA) is 132 Å². The van der Waals surface area contributed by atoms with E-state index in [2.05, 4.69) is 15.8 Å². The third kappa shape index (κ3) is 3.59. The van der Waals surface area contributed by atoms with Gasteiger partial charge in [0.15, 0.2) is 11.5 Å². The van der Waals surface area contributed by atoms with Gasteiger partial charge in [-0.3, -0.25) is 19.7 Å². The molecule has 4 rings (SSSR count). The number of hydrazone groups is 1. The zero-order valence-electron chi connectivity index (χ0n) is 15.0. The van der Waals surface area contributed by atoms with Gasteiger partial charge in [0, 0.05) is 12.5 Å². The van der Waals surface area contributed by atoms with E-state index < -0.39 is 16.7 Å². The van der Waals surface area contributed by atoms with Gasteiger partial charge < -0.3 is 14.8 Å². The molecule has 2 heterocycles. The Morgan fingerprint density at radius 1 is 1.24 bits per heavy atom. The molecule has 1 fully saturated rings. The summed E-state index contributed by atoms with van der Waals surface area (Å²) in [5, 5.41) is 17.8. The first-order valence-electron chi connectivity index (χ1n) is 8.78. The Bertz CT molecular complexity index is 1010. The van der Waals surface area contributed by atoms with Crippen molar-refractivity contribution >= 4 is 23.7 Å². The molecule has 29 heavy (non-hydrogen) atoms. The Morgan fingerprint density at radius 3 is 2.69 bits per heavy atom. The fraction of sp³-hybridized carbons (Fsp3) is 0.211. The van der Waals surface area contributed by atoms with Crippen LogP contribution in [0.15, 0.2) is 47.6 Å². The number of benzene rings is 2. The minimum atomic E-state index is -0.943. The van der Waals surface area contributed by atoms with E-state index in [1.165, 1.54) is 12.1 Å². The monoisotopic (exact) mass is 396 g/mol. The summed E-state index contributed by atoms with van der Waals surface area (Å²) in [7, 11) is 0. The van der Waals surface area contributed by atoms with Gasteiger partial charge in [-0.25, -0.2) is 5.43 Å². The summed E-state index contributed by atoms with van der Waals surface area (Å²) in [6, 6.07) is 11.9. The molecule has 0 aliphatic carbocycles. The lowest BCUT2D eigenvalue weighted by molar-refractivity contribution is -0.385. The minimum Gasteiger partial charge on any atom is -0.454 e. The maximum atomic E-state index is 12.6. The zero-order valence-corrected chi connectivity index (χ0v) is 15.0. The quantitative estimate of drug-likeness (QED) is 0.339. The summed E-state index contributed by atoms with van der Waals surface area (Å²) in [5.41, 5.74) is 3.07. The smallest absolute Gasteiger partial charge is 0.282 e. The molecular weight excluding hydrogens is 380 g/mol. The molecule has 10 heteroatoms. The number of carbonyl (C=O) groups excluding carboxylic acids is 2. The van der Waals surface area contributed by atoms with Crippen LogP contribution in [0.2, 0.25) is 0 Å². The maximum Gasteiger partial charge on any atom is 0.282 e. The van der Waals surface area contributed by atoms with Crippen molar-refractivity contribution in [2.24, 2.45) is 11.0 Å². The van der Waals surface area contributed by atoms with E-state index in [1.54, 1.807) is 0 Å². The van der Waals surface area contributed by atoms with Crippen LogP contribution >= 0.6 is 0 Å². The van der Waals surface area contributed by atoms with Crippen molar-refractivity contribution in [3.8, 4) is 11.5 Å². The van der Waals surface area contributed by atoms with Crippen LogP contribution in [0.4, 0.5) is 5.69 Å². The first kappa shape index (κ1) is 18.4. The van der Waals surface area contributed by atoms with Gasteiger partial charge >= 0.3 is 0 Å². The lowest BCUT2D eigenvalue weighted by atomic mass is 9.88. The van der Waals surface area contributed by atoms with Gasteiger partial charge in [-0.15, -0.1) is 0 Å². The van der Waals surface area contributed by atoms with Crippen LogP contribution < -0.4 is 20.2 Å². The molecule has 2 aromatic carbocycles. The number of amides is 2. The number of ether oxygens (including phenoxy) is 2. The zero-order chi connectivity index (χ0) is 20.4. The first-order valence-corrected chi connectivity index (χ1v) is 8.78. The molecule has 148 valence electrons. The lowest BCUT2D eigenvalue weighted by Crippen LogP contribution is -2.34. The van der Waals surface area contributed by atoms with Gasteiger partial charge in [0.25, 0.3) is 11.6 Å². The third-order valence-corrected chi connectivity index (χ3v) is 4.79. The number of carbonyl (C=O) groups is 2. The molecule has 0 unspecified atom stereocenters. The molecule has 2 amide bonds. The van der Waals surface area contributed by atoms with Crippen molar-refractivity contribution in [2.75, 3.05) is 13.3 Å². The van der Waals surface area contributed by atoms with Gasteiger partial charge in [0.2, 0.25) is 12.7 Å². The number of nitro benzene ring substituents is 1. The fourth-order valence-electron chi connectivity index (χ4n) is 3.38. The molecule has 2 aliphatic rings. The number of nitro groups is 1. The number of hydrogen-bond acceptors (Lipinski definition) is 7. The van der Waals surface area contributed by atoms with Crippen molar-refractivity contribution in [1.29, 1.82) is 0 Å². The average Bonchev–Trinajstić information content (AvgIpc) is 3.33. The van der Waals surface area contributed by atoms with Gasteiger partial charge in [-0.1, -0.05) is 30.3 Å². The van der Waals surface area contributed by atoms with E-state index in [-0.39, 0.29) is 35.6 Å². The highest BCUT2D eigenvalue weighted by Crippen LogP contribution is 2.37. The summed E-state index contributed by atoms with van der Waals surface area (Å²) in [4.78, 5) is 35.4. The van der Waals surface area contributed by atoms with E-state index in [4.69, 9.17) is 9.47 Å². The van der Waals surface area contributed by atoms with Gasteiger partial charge in [0.05, 0.1) is 22.8 Å². The number of fused-ring (bicyclic) bond motifs is 1. The molecule has 2 aromatic rings. The fourth-order valence-corrected chi connectivity index (χ4v) is 3.38. The Morgan fingerprint density at radius 2 is 1.97 bits per heavy atom. The second kappa shape index (κ2) is 7.58. The highest BCUT2D eigenvalue weighted by atomic mass is 16.7. The maximum absolute atomic E-state index is 12.6. The molecule has 0 radical (unpaired) electrons. The Kier molecular flexibility index (Phi) is 4.82. The highest BCUT2D eigenvalue weighted by Gasteiger charge is 2.41. The molecule has 2 N–H and O–H groups in total. The lowest BCUT2D eigenvalue weighted by Gasteiger charge is -2.15. The van der Waals surface area contributed by atoms with Crippen LogP contribution in [0.25, 0.3) is 0 Å². The number of nitrogens with zero attached hydrogens (tertiary/aromatic N) is 2. The van der Waals surface area contributed by atoms with Gasteiger partial charge in [0.1, 0.15) is 5.92 Å². The van der Waals surface area contributed by atoms with Crippen LogP contribution in [0.1, 0.15) is 17.0 Å². The van der Waals surface area contributed by atoms with Crippen LogP contribution in [-0.2, 0) is 9.59 Å². The van der Waals surface area contributed by atoms with Crippen LogP contribution in [0.5, 0.6) is 11.5 Å². The minimum absolute atomic E-state index is 0.0263. The standard InChI is InChI=1S/C19H16N4O6/c24-18-17(13(9-20-18)11-4-2-1-3-5-11)19(25)22-21-8-12-6-15-16(29-10-28-15)7-14(12)23(26)27/h1-8,13,17H,9-10H2,(H,20,24)(H,22,25)/b21-8+/t13-,17-/m0/s1. The Labute approximate surface area is 164 Å². The second-order valence-electron chi connectivity index (χ2n) is 6.50. The molecule has 0 aromatic heterocycles. The predicted molar refractivity (Wildman–Crippen MR) is 101 cm³/mol. The molecule has 2 aliphatic heterocycles. The van der Waals surface area contributed by atoms with E-state index in [9.17, 15) is 19.7 Å². The van der Waals surface area contributed by atoms with E-state index >= 15 is 0 Å². The average molecular weight is 396 g/mol. The Balaban J connectivity index is 1.51. The summed E-state index contributed by atoms with van der Waals surface area (Å²) in [6.45, 7) is 0.319. The van der Waals surface area contributed by atoms with Crippen molar-refractivity contribution in [2.45, 2.75) is 5.92 Å². The SMILES string of the molecule is O=C1NC[C@@H](c2ccccc2)[C@@H]1C(=O)N/N=C/c1cc2c(cc1[N+](=O)[O-])OCO2. The van der Waals surface area contributed by atoms with Crippen molar-refractivity contribution in [1.82, 2.24) is 10.7 Å². The van der Waals surface area contributed by atoms with E-state index in [1.807, 2.05) is 30.3 Å². The van der Waals surface area contributed by atoms with Crippen LogP contribution in [-0.4, -0.2) is 36.3 Å². The normalized spacial score (nSPS) is 19.9. The summed E-state index contributed by atoms with van der Waals surface area (Å²) in [5.74, 6) is -1.62. The molecule has 10 nitrogen and oxygen atoms in total. The second-order valence-corrected chi connectivity index (χ2v) is 6.50. The third-order valence-electron chi connectivity index (χ3n) is 4.79. The largest absolute Gasteiger partial charge is 0.454 e. The van der Waals surface area contributed by atoms with Crippen LogP contribution in [0.3, 0.4) is 0 Å². The highest BCUT2D eigenvalue weighted by molar-refractivity contribution is 6.03. The van der Waals surface area contributed by atoms with Crippen molar-refractivity contribution in [3.63, 3.8) is 0 Å². The van der Waals surface area contributed by atoms with Crippen LogP contribution in [0, 0.1) is 16.0 Å². The molecule has 2 atom stereocenters. The van der Waals surface area contributed by atoms with E-state index in [0.29, 0.717) is 12.3 Å². The number of rotatable bonds is 5. The number of hydrogen-bond donors (Lipinski definition) is 2. The molecule has 0 bridgehead atoms. The Hall–Kier alpha value is -3.95. The summed E-state index contributed by atoms with van der Waals surface area (Å²) < 4.78 is 10.3. The molecule has 0 saturated carbocycles. The van der Waals surface area contributed by atoms with Crippen molar-refractivity contribution in [3.05, 3.63) is 63.7 Å². The molecule has 1 saturated heterocycles. The molecular formula is C19H16N4O6. The first-order chi connectivity index (χ1) is 14.0. The van der Waals surface area contributed by atoms with Gasteiger partial charge in [-0.05, 0) is 11.6 Å². The van der Waals surface area contributed by atoms with E-state index in [0.717, 1.165) is 11.8 Å². The summed E-state index contributed by atoms with van der Waals surface area (Å²) in [6.07, 6.45) is 1.14. The predicted octanol–water partition coefficient (Wildman–Crippen LogP) is 1.30. The van der Waals surface area contributed by atoms with Crippen molar-refractivity contribution < 1.29 is 24.0 Å². The van der Waals surface area contributed by atoms with Gasteiger partial charge in [-0.2, -0.15) is 5.10 Å². The number of nitrogens with one attached hydrogen (secondary N) is 2. The molecule has 0 spiro atoms.